The number of carbonyl (C=O) groups is 2. The molecule has 2 N–H and O–H groups in total. The van der Waals surface area contributed by atoms with Gasteiger partial charge in [-0.25, -0.2) is 0 Å². The molecule has 0 aliphatic rings. The summed E-state index contributed by atoms with van der Waals surface area (Å²) in [5.74, 6) is -0.355. The van der Waals surface area contributed by atoms with Crippen LogP contribution in [0.1, 0.15) is 12.5 Å². The quantitative estimate of drug-likeness (QED) is 0.846. The average Bonchev–Trinajstić information content (AvgIpc) is 2.48. The van der Waals surface area contributed by atoms with Crippen LogP contribution in [-0.2, 0) is 9.59 Å². The number of hydrogen-bond donors (Lipinski definition) is 2. The highest BCUT2D eigenvalue weighted by molar-refractivity contribution is 6.02. The fourth-order valence-corrected chi connectivity index (χ4v) is 1.67. The molecule has 1 aromatic carbocycles. The molecule has 106 valence electrons. The molecule has 2 aromatic rings. The van der Waals surface area contributed by atoms with Gasteiger partial charge in [-0.15, -0.1) is 0 Å². The van der Waals surface area contributed by atoms with E-state index in [9.17, 15) is 9.59 Å². The molecule has 0 saturated heterocycles. The molecule has 0 radical (unpaired) electrons. The number of carbonyl (C=O) groups excluding carboxylic acids is 2. The minimum Gasteiger partial charge on any atom is -0.326 e. The molecule has 0 aliphatic carbocycles. The topological polar surface area (TPSA) is 71.1 Å². The Kier molecular flexibility index (Phi) is 4.82. The second kappa shape index (κ2) is 7.00. The summed E-state index contributed by atoms with van der Waals surface area (Å²) in [5, 5.41) is 5.40. The van der Waals surface area contributed by atoms with Crippen LogP contribution in [-0.4, -0.2) is 16.8 Å². The van der Waals surface area contributed by atoms with E-state index in [1.807, 2.05) is 12.1 Å². The summed E-state index contributed by atoms with van der Waals surface area (Å²) in [6.45, 7) is 1.44. The van der Waals surface area contributed by atoms with Crippen molar-refractivity contribution in [2.75, 3.05) is 10.6 Å². The van der Waals surface area contributed by atoms with E-state index in [1.54, 1.807) is 42.7 Å². The first-order chi connectivity index (χ1) is 10.1. The number of aromatic nitrogens is 1. The zero-order valence-electron chi connectivity index (χ0n) is 11.5. The molecule has 0 spiro atoms. The summed E-state index contributed by atoms with van der Waals surface area (Å²) in [6.07, 6.45) is 6.50. The number of rotatable bonds is 4. The lowest BCUT2D eigenvalue weighted by Gasteiger charge is -2.05. The first-order valence-corrected chi connectivity index (χ1v) is 6.40. The summed E-state index contributed by atoms with van der Waals surface area (Å²) >= 11 is 0. The van der Waals surface area contributed by atoms with Gasteiger partial charge in [-0.1, -0.05) is 0 Å². The maximum absolute atomic E-state index is 11.8. The third-order valence-corrected chi connectivity index (χ3v) is 2.61. The van der Waals surface area contributed by atoms with E-state index in [-0.39, 0.29) is 11.8 Å². The number of anilines is 2. The Bertz CT molecular complexity index is 649. The van der Waals surface area contributed by atoms with Crippen molar-refractivity contribution in [3.63, 3.8) is 0 Å². The van der Waals surface area contributed by atoms with E-state index in [0.29, 0.717) is 11.4 Å². The lowest BCUT2D eigenvalue weighted by atomic mass is 10.2. The standard InChI is InChI=1S/C16H15N3O2/c1-12(20)18-14-3-5-15(6-4-14)19-16(21)7-2-13-8-10-17-11-9-13/h2-11H,1H3,(H,18,20)(H,19,21)/b7-2+. The van der Waals surface area contributed by atoms with Crippen molar-refractivity contribution >= 4 is 29.3 Å². The van der Waals surface area contributed by atoms with E-state index in [0.717, 1.165) is 5.56 Å². The highest BCUT2D eigenvalue weighted by Crippen LogP contribution is 2.13. The van der Waals surface area contributed by atoms with Crippen molar-refractivity contribution in [3.05, 3.63) is 60.4 Å². The Morgan fingerprint density at radius 1 is 0.952 bits per heavy atom. The summed E-state index contributed by atoms with van der Waals surface area (Å²) < 4.78 is 0. The number of amides is 2. The third-order valence-electron chi connectivity index (χ3n) is 2.61. The number of hydrogen-bond acceptors (Lipinski definition) is 3. The van der Waals surface area contributed by atoms with Crippen LogP contribution in [0, 0.1) is 0 Å². The molecular formula is C16H15N3O2. The summed E-state index contributed by atoms with van der Waals surface area (Å²) in [7, 11) is 0. The van der Waals surface area contributed by atoms with Crippen LogP contribution in [0.2, 0.25) is 0 Å². The maximum Gasteiger partial charge on any atom is 0.248 e. The highest BCUT2D eigenvalue weighted by Gasteiger charge is 1.99. The van der Waals surface area contributed by atoms with E-state index < -0.39 is 0 Å². The van der Waals surface area contributed by atoms with Crippen molar-refractivity contribution in [1.29, 1.82) is 0 Å². The molecule has 0 bridgehead atoms. The van der Waals surface area contributed by atoms with Gasteiger partial charge in [0.2, 0.25) is 11.8 Å². The van der Waals surface area contributed by atoms with Gasteiger partial charge < -0.3 is 10.6 Å². The molecule has 5 heteroatoms. The van der Waals surface area contributed by atoms with Gasteiger partial charge in [0.25, 0.3) is 0 Å². The average molecular weight is 281 g/mol. The van der Waals surface area contributed by atoms with Crippen LogP contribution >= 0.6 is 0 Å². The fraction of sp³-hybridized carbons (Fsp3) is 0.0625. The number of nitrogens with one attached hydrogen (secondary N) is 2. The summed E-state index contributed by atoms with van der Waals surface area (Å²) in [5.41, 5.74) is 2.25. The second-order valence-corrected chi connectivity index (χ2v) is 4.36. The van der Waals surface area contributed by atoms with Gasteiger partial charge in [-0.3, -0.25) is 14.6 Å². The molecule has 0 fully saturated rings. The first-order valence-electron chi connectivity index (χ1n) is 6.40. The monoisotopic (exact) mass is 281 g/mol. The normalized spacial score (nSPS) is 10.3. The molecule has 21 heavy (non-hydrogen) atoms. The molecule has 5 nitrogen and oxygen atoms in total. The molecule has 2 rings (SSSR count). The molecule has 0 atom stereocenters. The smallest absolute Gasteiger partial charge is 0.248 e. The largest absolute Gasteiger partial charge is 0.326 e. The molecule has 0 unspecified atom stereocenters. The molecule has 2 amide bonds. The van der Waals surface area contributed by atoms with Gasteiger partial charge >= 0.3 is 0 Å². The zero-order valence-corrected chi connectivity index (χ0v) is 11.5. The van der Waals surface area contributed by atoms with Gasteiger partial charge in [0, 0.05) is 36.8 Å². The molecular weight excluding hydrogens is 266 g/mol. The van der Waals surface area contributed by atoms with Crippen molar-refractivity contribution in [2.45, 2.75) is 6.92 Å². The van der Waals surface area contributed by atoms with Crippen molar-refractivity contribution in [2.24, 2.45) is 0 Å². The van der Waals surface area contributed by atoms with Crippen LogP contribution in [0.3, 0.4) is 0 Å². The Morgan fingerprint density at radius 3 is 2.10 bits per heavy atom. The number of benzene rings is 1. The molecule has 0 saturated carbocycles. The van der Waals surface area contributed by atoms with Crippen LogP contribution in [0.5, 0.6) is 0 Å². The Hall–Kier alpha value is -2.95. The first kappa shape index (κ1) is 14.5. The Morgan fingerprint density at radius 2 is 1.52 bits per heavy atom. The van der Waals surface area contributed by atoms with Crippen molar-refractivity contribution in [1.82, 2.24) is 4.98 Å². The maximum atomic E-state index is 11.8. The fourth-order valence-electron chi connectivity index (χ4n) is 1.67. The summed E-state index contributed by atoms with van der Waals surface area (Å²) in [4.78, 5) is 26.6. The van der Waals surface area contributed by atoms with Crippen LogP contribution in [0.25, 0.3) is 6.08 Å². The van der Waals surface area contributed by atoms with E-state index >= 15 is 0 Å². The zero-order chi connectivity index (χ0) is 15.1. The van der Waals surface area contributed by atoms with Gasteiger partial charge in [0.1, 0.15) is 0 Å². The second-order valence-electron chi connectivity index (χ2n) is 4.36. The van der Waals surface area contributed by atoms with Crippen LogP contribution in [0.15, 0.2) is 54.9 Å². The van der Waals surface area contributed by atoms with Crippen molar-refractivity contribution in [3.8, 4) is 0 Å². The Balaban J connectivity index is 1.93. The van der Waals surface area contributed by atoms with Gasteiger partial charge in [0.05, 0.1) is 0 Å². The van der Waals surface area contributed by atoms with E-state index in [2.05, 4.69) is 15.6 Å². The SMILES string of the molecule is CC(=O)Nc1ccc(NC(=O)/C=C/c2ccncc2)cc1. The molecule has 0 aliphatic heterocycles. The van der Waals surface area contributed by atoms with Crippen LogP contribution < -0.4 is 10.6 Å². The van der Waals surface area contributed by atoms with E-state index in [4.69, 9.17) is 0 Å². The highest BCUT2D eigenvalue weighted by atomic mass is 16.2. The van der Waals surface area contributed by atoms with Gasteiger partial charge in [-0.05, 0) is 48.0 Å². The molecule has 1 aromatic heterocycles. The summed E-state index contributed by atoms with van der Waals surface area (Å²) in [6, 6.07) is 10.5. The minimum absolute atomic E-state index is 0.132. The minimum atomic E-state index is -0.223. The van der Waals surface area contributed by atoms with Crippen molar-refractivity contribution < 1.29 is 9.59 Å². The lowest BCUT2D eigenvalue weighted by molar-refractivity contribution is -0.114. The lowest BCUT2D eigenvalue weighted by Crippen LogP contribution is -2.08. The molecule has 1 heterocycles. The van der Waals surface area contributed by atoms with Gasteiger partial charge in [0.15, 0.2) is 0 Å². The third kappa shape index (κ3) is 4.91. The number of pyridine rings is 1. The van der Waals surface area contributed by atoms with Crippen LogP contribution in [0.4, 0.5) is 11.4 Å². The number of nitrogens with zero attached hydrogens (tertiary/aromatic N) is 1. The van der Waals surface area contributed by atoms with Gasteiger partial charge in [-0.2, -0.15) is 0 Å². The van der Waals surface area contributed by atoms with E-state index in [1.165, 1.54) is 13.0 Å². The predicted molar refractivity (Wildman–Crippen MR) is 82.6 cm³/mol. The predicted octanol–water partition coefficient (Wildman–Crippen LogP) is 2.69. The Labute approximate surface area is 122 Å².